The van der Waals surface area contributed by atoms with Crippen LogP contribution in [0.25, 0.3) is 0 Å². The Morgan fingerprint density at radius 1 is 1.27 bits per heavy atom. The summed E-state index contributed by atoms with van der Waals surface area (Å²) in [5, 5.41) is 0. The number of rotatable bonds is 5. The van der Waals surface area contributed by atoms with Crippen LogP contribution in [0.2, 0.25) is 0 Å². The van der Waals surface area contributed by atoms with E-state index in [0.717, 1.165) is 30.6 Å². The van der Waals surface area contributed by atoms with Crippen LogP contribution in [0, 0.1) is 12.3 Å². The lowest BCUT2D eigenvalue weighted by Gasteiger charge is -2.42. The molecule has 0 bridgehead atoms. The lowest BCUT2D eigenvalue weighted by atomic mass is 9.62. The predicted octanol–water partition coefficient (Wildman–Crippen LogP) is 4.40. The summed E-state index contributed by atoms with van der Waals surface area (Å²) in [4.78, 5) is 12.2. The van der Waals surface area contributed by atoms with E-state index in [-0.39, 0.29) is 16.8 Å². The zero-order chi connectivity index (χ0) is 16.4. The van der Waals surface area contributed by atoms with Gasteiger partial charge in [-0.05, 0) is 49.3 Å². The van der Waals surface area contributed by atoms with Crippen molar-refractivity contribution in [2.24, 2.45) is 5.41 Å². The largest absolute Gasteiger partial charge is 0.496 e. The van der Waals surface area contributed by atoms with Gasteiger partial charge in [-0.2, -0.15) is 0 Å². The normalized spacial score (nSPS) is 23.3. The number of carbonyl (C=O) groups is 1. The van der Waals surface area contributed by atoms with Gasteiger partial charge in [-0.15, -0.1) is 0 Å². The van der Waals surface area contributed by atoms with Crippen molar-refractivity contribution in [3.05, 3.63) is 29.3 Å². The van der Waals surface area contributed by atoms with Crippen molar-refractivity contribution < 1.29 is 14.3 Å². The first-order valence-corrected chi connectivity index (χ1v) is 8.17. The van der Waals surface area contributed by atoms with Gasteiger partial charge in [-0.25, -0.2) is 0 Å². The Bertz CT molecular complexity index is 548. The van der Waals surface area contributed by atoms with Crippen molar-refractivity contribution in [3.8, 4) is 5.75 Å². The number of benzene rings is 1. The summed E-state index contributed by atoms with van der Waals surface area (Å²) in [7, 11) is 1.69. The minimum absolute atomic E-state index is 0.0841. The summed E-state index contributed by atoms with van der Waals surface area (Å²) in [5.74, 6) is 0.803. The average Bonchev–Trinajstić information content (AvgIpc) is 2.75. The number of aryl methyl sites for hydroxylation is 1. The van der Waals surface area contributed by atoms with Gasteiger partial charge in [0.05, 0.1) is 20.1 Å². The van der Waals surface area contributed by atoms with E-state index in [4.69, 9.17) is 9.47 Å². The Kier molecular flexibility index (Phi) is 4.84. The molecule has 0 spiro atoms. The molecule has 122 valence electrons. The zero-order valence-corrected chi connectivity index (χ0v) is 14.5. The molecule has 1 aliphatic carbocycles. The first-order chi connectivity index (χ1) is 10.4. The van der Waals surface area contributed by atoms with Crippen molar-refractivity contribution >= 4 is 5.97 Å². The highest BCUT2D eigenvalue weighted by Gasteiger charge is 2.51. The highest BCUT2D eigenvalue weighted by molar-refractivity contribution is 5.72. The summed E-state index contributed by atoms with van der Waals surface area (Å²) in [6.07, 6.45) is 3.78. The standard InChI is InChI=1S/C19H28O3/c1-6-22-17(20)13-19(11-7-10-18(19,3)4)15-8-9-16(21-5)14(2)12-15/h8-9,12H,6-7,10-11,13H2,1-5H3/t19-/m1/s1. The van der Waals surface area contributed by atoms with E-state index >= 15 is 0 Å². The summed E-state index contributed by atoms with van der Waals surface area (Å²) < 4.78 is 10.6. The third-order valence-electron chi connectivity index (χ3n) is 5.40. The van der Waals surface area contributed by atoms with Crippen LogP contribution in [0.1, 0.15) is 57.6 Å². The number of hydrogen-bond donors (Lipinski definition) is 0. The van der Waals surface area contributed by atoms with Crippen LogP contribution in [0.3, 0.4) is 0 Å². The van der Waals surface area contributed by atoms with Crippen molar-refractivity contribution in [1.29, 1.82) is 0 Å². The number of ether oxygens (including phenoxy) is 2. The molecule has 2 rings (SSSR count). The summed E-state index contributed by atoms with van der Waals surface area (Å²) in [6, 6.07) is 6.33. The predicted molar refractivity (Wildman–Crippen MR) is 88.3 cm³/mol. The second kappa shape index (κ2) is 6.31. The molecule has 0 N–H and O–H groups in total. The number of carbonyl (C=O) groups excluding carboxylic acids is 1. The molecule has 1 aromatic carbocycles. The molecule has 1 aromatic rings. The molecule has 0 saturated heterocycles. The topological polar surface area (TPSA) is 35.5 Å². The van der Waals surface area contributed by atoms with Gasteiger partial charge in [0.1, 0.15) is 5.75 Å². The summed E-state index contributed by atoms with van der Waals surface area (Å²) >= 11 is 0. The minimum atomic E-state index is -0.143. The second-order valence-electron chi connectivity index (χ2n) is 6.99. The molecule has 3 nitrogen and oxygen atoms in total. The molecule has 1 saturated carbocycles. The second-order valence-corrected chi connectivity index (χ2v) is 6.99. The van der Waals surface area contributed by atoms with Crippen LogP contribution >= 0.6 is 0 Å². The molecule has 0 aromatic heterocycles. The Labute approximate surface area is 134 Å². The lowest BCUT2D eigenvalue weighted by Crippen LogP contribution is -2.39. The van der Waals surface area contributed by atoms with E-state index < -0.39 is 0 Å². The van der Waals surface area contributed by atoms with E-state index in [2.05, 4.69) is 32.9 Å². The highest BCUT2D eigenvalue weighted by Crippen LogP contribution is 2.56. The van der Waals surface area contributed by atoms with Crippen LogP contribution in [-0.2, 0) is 14.9 Å². The molecule has 0 aliphatic heterocycles. The van der Waals surface area contributed by atoms with E-state index in [9.17, 15) is 4.79 Å². The van der Waals surface area contributed by atoms with Gasteiger partial charge in [0.15, 0.2) is 0 Å². The Morgan fingerprint density at radius 2 is 2.00 bits per heavy atom. The molecule has 0 amide bonds. The van der Waals surface area contributed by atoms with E-state index in [1.165, 1.54) is 5.56 Å². The minimum Gasteiger partial charge on any atom is -0.496 e. The fourth-order valence-electron chi connectivity index (χ4n) is 4.01. The third-order valence-corrected chi connectivity index (χ3v) is 5.40. The molecule has 22 heavy (non-hydrogen) atoms. The van der Waals surface area contributed by atoms with Gasteiger partial charge in [-0.3, -0.25) is 4.79 Å². The number of methoxy groups -OCH3 is 1. The number of hydrogen-bond acceptors (Lipinski definition) is 3. The third kappa shape index (κ3) is 2.86. The fraction of sp³-hybridized carbons (Fsp3) is 0.632. The maximum atomic E-state index is 12.2. The lowest BCUT2D eigenvalue weighted by molar-refractivity contribution is -0.145. The first kappa shape index (κ1) is 16.9. The molecule has 1 aliphatic rings. The van der Waals surface area contributed by atoms with Gasteiger partial charge in [0.25, 0.3) is 0 Å². The SMILES string of the molecule is CCOC(=O)C[C@@]1(c2ccc(OC)c(C)c2)CCCC1(C)C. The van der Waals surface area contributed by atoms with Crippen LogP contribution in [0.15, 0.2) is 18.2 Å². The van der Waals surface area contributed by atoms with Gasteiger partial charge in [0, 0.05) is 5.41 Å². The molecular formula is C19H28O3. The van der Waals surface area contributed by atoms with Crippen molar-refractivity contribution in [1.82, 2.24) is 0 Å². The van der Waals surface area contributed by atoms with E-state index in [1.807, 2.05) is 13.0 Å². The van der Waals surface area contributed by atoms with E-state index in [0.29, 0.717) is 13.0 Å². The van der Waals surface area contributed by atoms with Crippen molar-refractivity contribution in [3.63, 3.8) is 0 Å². The zero-order valence-electron chi connectivity index (χ0n) is 14.5. The summed E-state index contributed by atoms with van der Waals surface area (Å²) in [6.45, 7) is 8.92. The van der Waals surface area contributed by atoms with E-state index in [1.54, 1.807) is 7.11 Å². The van der Waals surface area contributed by atoms with Gasteiger partial charge < -0.3 is 9.47 Å². The van der Waals surface area contributed by atoms with Crippen molar-refractivity contribution in [2.45, 2.75) is 58.8 Å². The molecule has 0 radical (unpaired) electrons. The van der Waals surface area contributed by atoms with Crippen LogP contribution in [-0.4, -0.2) is 19.7 Å². The smallest absolute Gasteiger partial charge is 0.306 e. The fourth-order valence-corrected chi connectivity index (χ4v) is 4.01. The highest BCUT2D eigenvalue weighted by atomic mass is 16.5. The molecule has 0 unspecified atom stereocenters. The molecular weight excluding hydrogens is 276 g/mol. The Hall–Kier alpha value is -1.51. The van der Waals surface area contributed by atoms with Crippen LogP contribution in [0.5, 0.6) is 5.75 Å². The molecule has 0 heterocycles. The van der Waals surface area contributed by atoms with Crippen LogP contribution in [0.4, 0.5) is 0 Å². The number of esters is 1. The molecule has 3 heteroatoms. The maximum absolute atomic E-state index is 12.2. The average molecular weight is 304 g/mol. The van der Waals surface area contributed by atoms with Gasteiger partial charge >= 0.3 is 5.97 Å². The van der Waals surface area contributed by atoms with Gasteiger partial charge in [0.2, 0.25) is 0 Å². The van der Waals surface area contributed by atoms with Gasteiger partial charge in [-0.1, -0.05) is 32.4 Å². The quantitative estimate of drug-likeness (QED) is 0.756. The Morgan fingerprint density at radius 3 is 2.50 bits per heavy atom. The molecule has 1 atom stereocenters. The maximum Gasteiger partial charge on any atom is 0.306 e. The monoisotopic (exact) mass is 304 g/mol. The Balaban J connectivity index is 2.45. The van der Waals surface area contributed by atoms with Crippen molar-refractivity contribution in [2.75, 3.05) is 13.7 Å². The summed E-state index contributed by atoms with van der Waals surface area (Å²) in [5.41, 5.74) is 2.30. The van der Waals surface area contributed by atoms with Crippen LogP contribution < -0.4 is 4.74 Å². The molecule has 1 fully saturated rings. The first-order valence-electron chi connectivity index (χ1n) is 8.17.